The summed E-state index contributed by atoms with van der Waals surface area (Å²) in [5, 5.41) is 2.73. The number of hydrogen-bond acceptors (Lipinski definition) is 1. The maximum atomic E-state index is 4.50. The first-order chi connectivity index (χ1) is 16.8. The standard InChI is InChI=1S/C32H28.CH5N/c1-24-21-22-30-31(23-24)28(18-10-3-7-15-25-13-5-2-6-14-25)27-19-11-12-20-29(27)32(30)26-16-8-4-9-17-26;1-2/h2-17,19-22,24H,18,23H2,1H3;2H2,1H3/b10-3-,15-7-;. The van der Waals surface area contributed by atoms with E-state index in [0.29, 0.717) is 5.92 Å². The molecule has 0 fully saturated rings. The van der Waals surface area contributed by atoms with Crippen LogP contribution in [0.15, 0.2) is 109 Å². The van der Waals surface area contributed by atoms with Crippen LogP contribution in [0.5, 0.6) is 0 Å². The molecule has 0 heterocycles. The zero-order chi connectivity index (χ0) is 23.8. The van der Waals surface area contributed by atoms with E-state index >= 15 is 0 Å². The number of allylic oxidation sites excluding steroid dienone is 4. The van der Waals surface area contributed by atoms with Crippen LogP contribution in [0.4, 0.5) is 0 Å². The summed E-state index contributed by atoms with van der Waals surface area (Å²) in [5.74, 6) is 0.563. The van der Waals surface area contributed by atoms with E-state index in [1.807, 2.05) is 0 Å². The normalized spacial score (nSPS) is 14.9. The second-order valence-corrected chi connectivity index (χ2v) is 8.60. The van der Waals surface area contributed by atoms with Gasteiger partial charge in [-0.1, -0.05) is 128 Å². The first kappa shape index (κ1) is 23.5. The lowest BCUT2D eigenvalue weighted by atomic mass is 9.79. The fraction of sp³-hybridized carbons (Fsp3) is 0.152. The van der Waals surface area contributed by atoms with Gasteiger partial charge in [-0.3, -0.25) is 0 Å². The van der Waals surface area contributed by atoms with Crippen molar-refractivity contribution in [2.24, 2.45) is 11.7 Å². The molecule has 0 amide bonds. The van der Waals surface area contributed by atoms with Crippen molar-refractivity contribution < 1.29 is 0 Å². The minimum absolute atomic E-state index is 0.563. The van der Waals surface area contributed by atoms with Crippen LogP contribution in [0, 0.1) is 5.92 Å². The summed E-state index contributed by atoms with van der Waals surface area (Å²) in [5.41, 5.74) is 12.8. The van der Waals surface area contributed by atoms with Gasteiger partial charge in [-0.05, 0) is 70.0 Å². The van der Waals surface area contributed by atoms with Crippen LogP contribution in [0.2, 0.25) is 0 Å². The van der Waals surface area contributed by atoms with Crippen LogP contribution in [-0.2, 0) is 12.8 Å². The van der Waals surface area contributed by atoms with Gasteiger partial charge in [-0.2, -0.15) is 0 Å². The lowest BCUT2D eigenvalue weighted by molar-refractivity contribution is 0.713. The summed E-state index contributed by atoms with van der Waals surface area (Å²) < 4.78 is 0. The Balaban J connectivity index is 0.00000133. The molecule has 0 radical (unpaired) electrons. The van der Waals surface area contributed by atoms with Crippen LogP contribution in [0.25, 0.3) is 34.1 Å². The van der Waals surface area contributed by atoms with Crippen LogP contribution in [0.1, 0.15) is 29.2 Å². The summed E-state index contributed by atoms with van der Waals surface area (Å²) in [6.45, 7) is 2.32. The smallest absolute Gasteiger partial charge is 0.00300 e. The molecule has 4 aromatic rings. The third-order valence-electron chi connectivity index (χ3n) is 6.32. The maximum absolute atomic E-state index is 4.50. The highest BCUT2D eigenvalue weighted by Gasteiger charge is 2.21. The average molecular weight is 444 g/mol. The van der Waals surface area contributed by atoms with Crippen molar-refractivity contribution in [3.05, 3.63) is 131 Å². The molecule has 170 valence electrons. The number of fused-ring (bicyclic) bond motifs is 2. The van der Waals surface area contributed by atoms with Crippen molar-refractivity contribution >= 4 is 22.9 Å². The monoisotopic (exact) mass is 443 g/mol. The van der Waals surface area contributed by atoms with E-state index in [2.05, 4.69) is 134 Å². The summed E-state index contributed by atoms with van der Waals surface area (Å²) in [7, 11) is 1.50. The zero-order valence-corrected chi connectivity index (χ0v) is 20.1. The van der Waals surface area contributed by atoms with Crippen LogP contribution < -0.4 is 5.73 Å². The lowest BCUT2D eigenvalue weighted by Gasteiger charge is -2.25. The topological polar surface area (TPSA) is 26.0 Å². The van der Waals surface area contributed by atoms with Crippen LogP contribution >= 0.6 is 0 Å². The number of rotatable bonds is 5. The van der Waals surface area contributed by atoms with Gasteiger partial charge in [0, 0.05) is 0 Å². The third kappa shape index (κ3) is 5.11. The van der Waals surface area contributed by atoms with Crippen LogP contribution in [0.3, 0.4) is 0 Å². The summed E-state index contributed by atoms with van der Waals surface area (Å²) in [6, 6.07) is 30.2. The molecule has 0 bridgehead atoms. The molecule has 1 atom stereocenters. The average Bonchev–Trinajstić information content (AvgIpc) is 2.90. The number of hydrogen-bond donors (Lipinski definition) is 1. The predicted octanol–water partition coefficient (Wildman–Crippen LogP) is 8.10. The van der Waals surface area contributed by atoms with E-state index in [-0.39, 0.29) is 0 Å². The van der Waals surface area contributed by atoms with Gasteiger partial charge in [0.25, 0.3) is 0 Å². The second-order valence-electron chi connectivity index (χ2n) is 8.60. The molecule has 1 nitrogen and oxygen atoms in total. The molecule has 0 aromatic heterocycles. The molecule has 0 saturated heterocycles. The molecule has 0 spiro atoms. The Morgan fingerprint density at radius 1 is 0.794 bits per heavy atom. The van der Waals surface area contributed by atoms with Gasteiger partial charge in [0.1, 0.15) is 0 Å². The van der Waals surface area contributed by atoms with E-state index in [9.17, 15) is 0 Å². The molecule has 1 aliphatic rings. The first-order valence-corrected chi connectivity index (χ1v) is 12.1. The van der Waals surface area contributed by atoms with Gasteiger partial charge in [0.15, 0.2) is 0 Å². The molecule has 1 heteroatoms. The first-order valence-electron chi connectivity index (χ1n) is 12.1. The van der Waals surface area contributed by atoms with E-state index < -0.39 is 0 Å². The third-order valence-corrected chi connectivity index (χ3v) is 6.32. The predicted molar refractivity (Wildman–Crippen MR) is 150 cm³/mol. The molecule has 0 aliphatic heterocycles. The maximum Gasteiger partial charge on any atom is -0.00300 e. The minimum Gasteiger partial charge on any atom is -0.333 e. The molecule has 1 unspecified atom stereocenters. The quantitative estimate of drug-likeness (QED) is 0.310. The lowest BCUT2D eigenvalue weighted by Crippen LogP contribution is -2.09. The minimum atomic E-state index is 0.563. The van der Waals surface area contributed by atoms with Crippen LogP contribution in [-0.4, -0.2) is 7.05 Å². The van der Waals surface area contributed by atoms with E-state index in [4.69, 9.17) is 0 Å². The van der Waals surface area contributed by atoms with E-state index in [1.54, 1.807) is 0 Å². The summed E-state index contributed by atoms with van der Waals surface area (Å²) in [4.78, 5) is 0. The van der Waals surface area contributed by atoms with Gasteiger partial charge >= 0.3 is 0 Å². The van der Waals surface area contributed by atoms with Gasteiger partial charge in [0.2, 0.25) is 0 Å². The number of benzene rings is 4. The van der Waals surface area contributed by atoms with Gasteiger partial charge < -0.3 is 5.73 Å². The Hall–Kier alpha value is -3.68. The molecule has 1 aliphatic carbocycles. The summed E-state index contributed by atoms with van der Waals surface area (Å²) >= 11 is 0. The fourth-order valence-electron chi connectivity index (χ4n) is 4.80. The summed E-state index contributed by atoms with van der Waals surface area (Å²) in [6.07, 6.45) is 15.6. The van der Waals surface area contributed by atoms with Crippen molar-refractivity contribution in [1.29, 1.82) is 0 Å². The van der Waals surface area contributed by atoms with Crippen molar-refractivity contribution in [1.82, 2.24) is 0 Å². The Morgan fingerprint density at radius 3 is 2.18 bits per heavy atom. The van der Waals surface area contributed by atoms with Crippen molar-refractivity contribution in [2.75, 3.05) is 7.05 Å². The van der Waals surface area contributed by atoms with E-state index in [0.717, 1.165) is 12.8 Å². The second kappa shape index (κ2) is 11.4. The zero-order valence-electron chi connectivity index (χ0n) is 20.1. The molecular weight excluding hydrogens is 410 g/mol. The highest BCUT2D eigenvalue weighted by molar-refractivity contribution is 6.04. The van der Waals surface area contributed by atoms with Gasteiger partial charge in [0.05, 0.1) is 0 Å². The Kier molecular flexibility index (Phi) is 7.91. The van der Waals surface area contributed by atoms with Crippen molar-refractivity contribution in [3.63, 3.8) is 0 Å². The molecular formula is C33H33N. The van der Waals surface area contributed by atoms with Gasteiger partial charge in [-0.15, -0.1) is 0 Å². The van der Waals surface area contributed by atoms with Crippen molar-refractivity contribution in [2.45, 2.75) is 19.8 Å². The Bertz CT molecular complexity index is 1310. The van der Waals surface area contributed by atoms with Gasteiger partial charge in [-0.25, -0.2) is 0 Å². The van der Waals surface area contributed by atoms with E-state index in [1.165, 1.54) is 51.2 Å². The fourth-order valence-corrected chi connectivity index (χ4v) is 4.80. The highest BCUT2D eigenvalue weighted by atomic mass is 14.4. The molecule has 0 saturated carbocycles. The highest BCUT2D eigenvalue weighted by Crippen LogP contribution is 2.41. The SMILES string of the molecule is CC1C=Cc2c(c(C/C=C\C=C/c3ccccc3)c3ccccc3c2-c2ccccc2)C1.CN. The molecule has 2 N–H and O–H groups in total. The molecule has 34 heavy (non-hydrogen) atoms. The Labute approximate surface area is 204 Å². The Morgan fingerprint density at radius 2 is 1.44 bits per heavy atom. The number of nitrogens with two attached hydrogens (primary N) is 1. The molecule has 4 aromatic carbocycles. The largest absolute Gasteiger partial charge is 0.333 e. The van der Waals surface area contributed by atoms with Crippen molar-refractivity contribution in [3.8, 4) is 11.1 Å². The molecule has 5 rings (SSSR count).